The molecule has 1 saturated carbocycles. The summed E-state index contributed by atoms with van der Waals surface area (Å²) in [6, 6.07) is 6.10. The van der Waals surface area contributed by atoms with Gasteiger partial charge in [-0.25, -0.2) is 20.2 Å². The van der Waals surface area contributed by atoms with Gasteiger partial charge in [0, 0.05) is 18.1 Å². The van der Waals surface area contributed by atoms with E-state index in [9.17, 15) is 4.39 Å². The third-order valence-corrected chi connectivity index (χ3v) is 3.27. The van der Waals surface area contributed by atoms with Gasteiger partial charge < -0.3 is 15.5 Å². The minimum atomic E-state index is -0.385. The number of halogens is 1. The number of benzene rings is 1. The van der Waals surface area contributed by atoms with E-state index in [0.29, 0.717) is 23.3 Å². The molecule has 1 heterocycles. The fourth-order valence-electron chi connectivity index (χ4n) is 1.99. The molecule has 21 heavy (non-hydrogen) atoms. The highest BCUT2D eigenvalue weighted by molar-refractivity contribution is 5.61. The molecule has 1 aromatic heterocycles. The van der Waals surface area contributed by atoms with E-state index in [4.69, 9.17) is 10.6 Å². The summed E-state index contributed by atoms with van der Waals surface area (Å²) in [4.78, 5) is 8.72. The van der Waals surface area contributed by atoms with Crippen LogP contribution in [-0.4, -0.2) is 17.1 Å². The second-order valence-corrected chi connectivity index (χ2v) is 4.89. The van der Waals surface area contributed by atoms with Crippen LogP contribution in [0.3, 0.4) is 0 Å². The van der Waals surface area contributed by atoms with E-state index in [-0.39, 0.29) is 11.5 Å². The van der Waals surface area contributed by atoms with Gasteiger partial charge in [0.05, 0.1) is 12.8 Å². The Morgan fingerprint density at radius 1 is 1.24 bits per heavy atom. The van der Waals surface area contributed by atoms with E-state index in [1.165, 1.54) is 13.2 Å². The quantitative estimate of drug-likeness (QED) is 0.579. The third-order valence-electron chi connectivity index (χ3n) is 3.27. The van der Waals surface area contributed by atoms with Crippen molar-refractivity contribution in [3.63, 3.8) is 0 Å². The Hall–Kier alpha value is -2.41. The Bertz CT molecular complexity index is 660. The molecule has 0 aliphatic heterocycles. The molecule has 0 bridgehead atoms. The number of nitrogen functional groups attached to an aromatic ring is 1. The summed E-state index contributed by atoms with van der Waals surface area (Å²) in [5, 5.41) is 2.94. The SMILES string of the molecule is COc1ccc(F)c(Nc2cc(NN)nc(C3CC3)n2)c1. The molecule has 0 radical (unpaired) electrons. The van der Waals surface area contributed by atoms with Crippen molar-refractivity contribution in [1.29, 1.82) is 0 Å². The standard InChI is InChI=1S/C14H16FN5O/c1-21-9-4-5-10(15)11(6-9)17-12-7-13(20-16)19-14(18-12)8-2-3-8/h4-8H,2-3,16H2,1H3,(H2,17,18,19,20). The van der Waals surface area contributed by atoms with Crippen molar-refractivity contribution in [3.8, 4) is 5.75 Å². The number of hydrogen-bond acceptors (Lipinski definition) is 6. The van der Waals surface area contributed by atoms with Crippen molar-refractivity contribution in [2.45, 2.75) is 18.8 Å². The molecular formula is C14H16FN5O. The van der Waals surface area contributed by atoms with Crippen molar-refractivity contribution in [1.82, 2.24) is 9.97 Å². The van der Waals surface area contributed by atoms with Gasteiger partial charge in [-0.05, 0) is 25.0 Å². The van der Waals surface area contributed by atoms with Crippen molar-refractivity contribution in [2.75, 3.05) is 17.9 Å². The average Bonchev–Trinajstić information content (AvgIpc) is 3.34. The molecule has 1 aliphatic rings. The molecule has 2 aromatic rings. The van der Waals surface area contributed by atoms with Crippen LogP contribution in [0.15, 0.2) is 24.3 Å². The number of hydrazine groups is 1. The monoisotopic (exact) mass is 289 g/mol. The van der Waals surface area contributed by atoms with Gasteiger partial charge in [-0.3, -0.25) is 0 Å². The number of hydrogen-bond donors (Lipinski definition) is 3. The van der Waals surface area contributed by atoms with Crippen LogP contribution >= 0.6 is 0 Å². The molecule has 4 N–H and O–H groups in total. The summed E-state index contributed by atoms with van der Waals surface area (Å²) in [5.74, 6) is 7.67. The number of methoxy groups -OCH3 is 1. The first-order chi connectivity index (χ1) is 10.2. The lowest BCUT2D eigenvalue weighted by molar-refractivity contribution is 0.414. The second kappa shape index (κ2) is 5.53. The molecule has 3 rings (SSSR count). The average molecular weight is 289 g/mol. The van der Waals surface area contributed by atoms with Gasteiger partial charge in [-0.1, -0.05) is 0 Å². The molecular weight excluding hydrogens is 273 g/mol. The molecule has 1 fully saturated rings. The summed E-state index contributed by atoms with van der Waals surface area (Å²) in [6.45, 7) is 0. The number of nitrogens with two attached hydrogens (primary N) is 1. The van der Waals surface area contributed by atoms with Crippen molar-refractivity contribution < 1.29 is 9.13 Å². The maximum absolute atomic E-state index is 13.8. The fourth-order valence-corrected chi connectivity index (χ4v) is 1.99. The second-order valence-electron chi connectivity index (χ2n) is 4.89. The maximum Gasteiger partial charge on any atom is 0.146 e. The van der Waals surface area contributed by atoms with E-state index in [1.54, 1.807) is 18.2 Å². The van der Waals surface area contributed by atoms with Gasteiger partial charge in [-0.15, -0.1) is 0 Å². The zero-order valence-corrected chi connectivity index (χ0v) is 11.6. The van der Waals surface area contributed by atoms with Gasteiger partial charge in [0.1, 0.15) is 29.0 Å². The third kappa shape index (κ3) is 3.03. The van der Waals surface area contributed by atoms with Crippen molar-refractivity contribution in [3.05, 3.63) is 35.9 Å². The maximum atomic E-state index is 13.8. The Labute approximate surface area is 121 Å². The highest BCUT2D eigenvalue weighted by atomic mass is 19.1. The lowest BCUT2D eigenvalue weighted by atomic mass is 10.3. The van der Waals surface area contributed by atoms with E-state index >= 15 is 0 Å². The Morgan fingerprint density at radius 3 is 2.67 bits per heavy atom. The van der Waals surface area contributed by atoms with Crippen molar-refractivity contribution >= 4 is 17.3 Å². The number of ether oxygens (including phenoxy) is 1. The van der Waals surface area contributed by atoms with Crippen LogP contribution in [0.2, 0.25) is 0 Å². The summed E-state index contributed by atoms with van der Waals surface area (Å²) < 4.78 is 18.9. The molecule has 6 nitrogen and oxygen atoms in total. The van der Waals surface area contributed by atoms with Crippen LogP contribution in [0.4, 0.5) is 21.7 Å². The Morgan fingerprint density at radius 2 is 2.00 bits per heavy atom. The summed E-state index contributed by atoms with van der Waals surface area (Å²) >= 11 is 0. The van der Waals surface area contributed by atoms with E-state index in [1.807, 2.05) is 0 Å². The molecule has 1 aliphatic carbocycles. The normalized spacial score (nSPS) is 13.9. The zero-order valence-electron chi connectivity index (χ0n) is 11.6. The molecule has 1 aromatic carbocycles. The molecule has 0 amide bonds. The van der Waals surface area contributed by atoms with Gasteiger partial charge in [0.15, 0.2) is 0 Å². The van der Waals surface area contributed by atoms with E-state index in [0.717, 1.165) is 18.7 Å². The van der Waals surface area contributed by atoms with Gasteiger partial charge in [0.2, 0.25) is 0 Å². The van der Waals surface area contributed by atoms with Crippen LogP contribution in [-0.2, 0) is 0 Å². The van der Waals surface area contributed by atoms with Gasteiger partial charge in [-0.2, -0.15) is 0 Å². The number of rotatable bonds is 5. The predicted molar refractivity (Wildman–Crippen MR) is 78.1 cm³/mol. The predicted octanol–water partition coefficient (Wildman–Crippen LogP) is 2.53. The smallest absolute Gasteiger partial charge is 0.146 e. The van der Waals surface area contributed by atoms with Gasteiger partial charge in [0.25, 0.3) is 0 Å². The molecule has 0 spiro atoms. The van der Waals surface area contributed by atoms with Crippen LogP contribution in [0.25, 0.3) is 0 Å². The largest absolute Gasteiger partial charge is 0.497 e. The topological polar surface area (TPSA) is 85.1 Å². The summed E-state index contributed by atoms with van der Waals surface area (Å²) in [5.41, 5.74) is 2.79. The molecule has 110 valence electrons. The number of nitrogens with one attached hydrogen (secondary N) is 2. The highest BCUT2D eigenvalue weighted by Gasteiger charge is 2.27. The van der Waals surface area contributed by atoms with Crippen molar-refractivity contribution in [2.24, 2.45) is 5.84 Å². The fraction of sp³-hybridized carbons (Fsp3) is 0.286. The first kappa shape index (κ1) is 13.6. The van der Waals surface area contributed by atoms with E-state index < -0.39 is 0 Å². The first-order valence-corrected chi connectivity index (χ1v) is 6.66. The molecule has 0 saturated heterocycles. The van der Waals surface area contributed by atoms with Gasteiger partial charge >= 0.3 is 0 Å². The number of anilines is 3. The lowest BCUT2D eigenvalue weighted by Gasteiger charge is -2.11. The summed E-state index contributed by atoms with van der Waals surface area (Å²) in [6.07, 6.45) is 2.14. The van der Waals surface area contributed by atoms with Crippen LogP contribution in [0.1, 0.15) is 24.6 Å². The molecule has 7 heteroatoms. The minimum absolute atomic E-state index is 0.290. The Balaban J connectivity index is 1.91. The molecule has 0 atom stereocenters. The molecule has 0 unspecified atom stereocenters. The lowest BCUT2D eigenvalue weighted by Crippen LogP contribution is -2.11. The zero-order chi connectivity index (χ0) is 14.8. The highest BCUT2D eigenvalue weighted by Crippen LogP contribution is 2.39. The number of aromatic nitrogens is 2. The number of nitrogens with zero attached hydrogens (tertiary/aromatic N) is 2. The minimum Gasteiger partial charge on any atom is -0.497 e. The Kier molecular flexibility index (Phi) is 3.57. The summed E-state index contributed by atoms with van der Waals surface area (Å²) in [7, 11) is 1.53. The van der Waals surface area contributed by atoms with Crippen LogP contribution in [0, 0.1) is 5.82 Å². The van der Waals surface area contributed by atoms with E-state index in [2.05, 4.69) is 20.7 Å². The van der Waals surface area contributed by atoms with Crippen LogP contribution < -0.4 is 21.3 Å². The van der Waals surface area contributed by atoms with Crippen LogP contribution in [0.5, 0.6) is 5.75 Å². The first-order valence-electron chi connectivity index (χ1n) is 6.66.